The number of guanidine groups is 1. The number of halogens is 2. The summed E-state index contributed by atoms with van der Waals surface area (Å²) in [5.41, 5.74) is 5.20. The molecule has 2 aromatic heterocycles. The molecule has 1 atom stereocenters. The number of benzene rings is 1. The maximum atomic E-state index is 13.1. The molecule has 3 aromatic rings. The summed E-state index contributed by atoms with van der Waals surface area (Å²) in [5, 5.41) is 3.46. The van der Waals surface area contributed by atoms with Crippen molar-refractivity contribution in [2.24, 2.45) is 9.98 Å². The van der Waals surface area contributed by atoms with E-state index in [9.17, 15) is 8.78 Å². The number of imidazole rings is 1. The summed E-state index contributed by atoms with van der Waals surface area (Å²) in [6.07, 6.45) is 4.54. The second kappa shape index (κ2) is 10.5. The Labute approximate surface area is 208 Å². The van der Waals surface area contributed by atoms with Crippen LogP contribution >= 0.6 is 0 Å². The maximum Gasteiger partial charge on any atom is 0.387 e. The highest BCUT2D eigenvalue weighted by Crippen LogP contribution is 2.35. The van der Waals surface area contributed by atoms with Gasteiger partial charge >= 0.3 is 6.61 Å². The van der Waals surface area contributed by atoms with Crippen LogP contribution < -0.4 is 10.1 Å². The highest BCUT2D eigenvalue weighted by molar-refractivity contribution is 5.85. The van der Waals surface area contributed by atoms with Crippen LogP contribution in [-0.4, -0.2) is 66.4 Å². The average Bonchev–Trinajstić information content (AvgIpc) is 3.28. The zero-order valence-electron chi connectivity index (χ0n) is 20.0. The minimum atomic E-state index is -2.90. The second-order valence-electron chi connectivity index (χ2n) is 8.64. The van der Waals surface area contributed by atoms with Crippen molar-refractivity contribution in [3.63, 3.8) is 0 Å². The largest absolute Gasteiger partial charge is 0.434 e. The summed E-state index contributed by atoms with van der Waals surface area (Å²) >= 11 is 0. The SMILES string of the molecule is C=NC(=N/C=C(\C)c1ccc2nc3c(n2c1)C(c1ccccc1OC(F)F)NCC3)N1CCOCC1. The van der Waals surface area contributed by atoms with Crippen molar-refractivity contribution in [3.05, 3.63) is 71.3 Å². The molecular formula is C26H28F2N6O2. The molecular weight excluding hydrogens is 466 g/mol. The minimum absolute atomic E-state index is 0.155. The van der Waals surface area contributed by atoms with Crippen LogP contribution in [0.2, 0.25) is 0 Å². The Bertz CT molecular complexity index is 1310. The third-order valence-corrected chi connectivity index (χ3v) is 6.43. The first-order valence-corrected chi connectivity index (χ1v) is 11.9. The Morgan fingerprint density at radius 2 is 2.06 bits per heavy atom. The fourth-order valence-electron chi connectivity index (χ4n) is 4.66. The number of pyridine rings is 1. The van der Waals surface area contributed by atoms with E-state index in [1.165, 1.54) is 0 Å². The Morgan fingerprint density at radius 3 is 2.83 bits per heavy atom. The van der Waals surface area contributed by atoms with Gasteiger partial charge in [0.25, 0.3) is 0 Å². The molecule has 2 aliphatic rings. The lowest BCUT2D eigenvalue weighted by molar-refractivity contribution is -0.0506. The molecule has 1 saturated heterocycles. The first-order valence-electron chi connectivity index (χ1n) is 11.9. The van der Waals surface area contributed by atoms with Crippen molar-refractivity contribution in [3.8, 4) is 5.75 Å². The van der Waals surface area contributed by atoms with Crippen molar-refractivity contribution in [2.75, 3.05) is 32.8 Å². The molecule has 0 saturated carbocycles. The first kappa shape index (κ1) is 24.1. The van der Waals surface area contributed by atoms with Crippen molar-refractivity contribution in [2.45, 2.75) is 26.0 Å². The summed E-state index contributed by atoms with van der Waals surface area (Å²) in [6.45, 7) is 6.16. The van der Waals surface area contributed by atoms with Crippen LogP contribution in [0.3, 0.4) is 0 Å². The van der Waals surface area contributed by atoms with E-state index < -0.39 is 6.61 Å². The molecule has 4 heterocycles. The van der Waals surface area contributed by atoms with E-state index in [2.05, 4.69) is 22.0 Å². The number of fused-ring (bicyclic) bond motifs is 3. The van der Waals surface area contributed by atoms with Crippen molar-refractivity contribution in [1.29, 1.82) is 0 Å². The fourth-order valence-corrected chi connectivity index (χ4v) is 4.66. The van der Waals surface area contributed by atoms with Gasteiger partial charge in [-0.15, -0.1) is 0 Å². The van der Waals surface area contributed by atoms with E-state index in [1.54, 1.807) is 18.3 Å². The number of hydrogen-bond acceptors (Lipinski definition) is 5. The number of nitrogens with one attached hydrogen (secondary N) is 1. The monoisotopic (exact) mass is 494 g/mol. The molecule has 2 aliphatic heterocycles. The first-order chi connectivity index (χ1) is 17.5. The topological polar surface area (TPSA) is 75.8 Å². The van der Waals surface area contributed by atoms with Gasteiger partial charge in [0.2, 0.25) is 5.96 Å². The molecule has 0 spiro atoms. The van der Waals surface area contributed by atoms with Crippen LogP contribution in [0.5, 0.6) is 5.75 Å². The molecule has 36 heavy (non-hydrogen) atoms. The Kier molecular flexibility index (Phi) is 7.06. The zero-order valence-corrected chi connectivity index (χ0v) is 20.0. The molecule has 188 valence electrons. The normalized spacial score (nSPS) is 19.0. The van der Waals surface area contributed by atoms with Crippen molar-refractivity contribution < 1.29 is 18.3 Å². The number of nitrogens with zero attached hydrogens (tertiary/aromatic N) is 5. The second-order valence-corrected chi connectivity index (χ2v) is 8.64. The van der Waals surface area contributed by atoms with Gasteiger partial charge in [-0.3, -0.25) is 0 Å². The summed E-state index contributed by atoms with van der Waals surface area (Å²) in [7, 11) is 0. The van der Waals surface area contributed by atoms with Crippen LogP contribution in [0.1, 0.15) is 35.5 Å². The highest BCUT2D eigenvalue weighted by Gasteiger charge is 2.29. The van der Waals surface area contributed by atoms with Gasteiger partial charge in [-0.05, 0) is 43.0 Å². The van der Waals surface area contributed by atoms with E-state index in [-0.39, 0.29) is 11.8 Å². The molecule has 5 rings (SSSR count). The highest BCUT2D eigenvalue weighted by atomic mass is 19.3. The standard InChI is InChI=1S/C26H28F2N6O2/c1-17(15-31-26(29-2)33-11-13-35-14-12-33)18-7-8-22-32-20-9-10-30-23(24(20)34(22)16-18)19-5-3-4-6-21(19)36-25(27)28/h3-8,15-16,23,25,30H,2,9-14H2,1H3/b17-15+,31-26?. The van der Waals surface area contributed by atoms with Gasteiger partial charge in [0.1, 0.15) is 11.4 Å². The van der Waals surface area contributed by atoms with Crippen LogP contribution in [0, 0.1) is 0 Å². The number of aliphatic imine (C=N–C) groups is 2. The van der Waals surface area contributed by atoms with Gasteiger partial charge in [0.05, 0.1) is 30.6 Å². The van der Waals surface area contributed by atoms with Gasteiger partial charge in [0, 0.05) is 44.0 Å². The summed E-state index contributed by atoms with van der Waals surface area (Å²) in [4.78, 5) is 15.5. The maximum absolute atomic E-state index is 13.1. The predicted octanol–water partition coefficient (Wildman–Crippen LogP) is 3.92. The number of alkyl halides is 2. The van der Waals surface area contributed by atoms with Crippen molar-refractivity contribution >= 4 is 23.9 Å². The number of aromatic nitrogens is 2. The number of morpholine rings is 1. The van der Waals surface area contributed by atoms with Crippen LogP contribution in [0.15, 0.2) is 58.8 Å². The molecule has 1 fully saturated rings. The number of allylic oxidation sites excluding steroid dienone is 1. The Balaban J connectivity index is 1.51. The summed E-state index contributed by atoms with van der Waals surface area (Å²) in [5.74, 6) is 0.723. The Morgan fingerprint density at radius 1 is 1.25 bits per heavy atom. The summed E-state index contributed by atoms with van der Waals surface area (Å²) in [6, 6.07) is 10.5. The number of para-hydroxylation sites is 1. The lowest BCUT2D eigenvalue weighted by atomic mass is 9.97. The number of hydrogen-bond donors (Lipinski definition) is 1. The fraction of sp³-hybridized carbons (Fsp3) is 0.346. The van der Waals surface area contributed by atoms with E-state index in [0.717, 1.165) is 47.7 Å². The van der Waals surface area contributed by atoms with E-state index in [4.69, 9.17) is 14.5 Å². The zero-order chi connectivity index (χ0) is 25.1. The van der Waals surface area contributed by atoms with E-state index in [0.29, 0.717) is 31.3 Å². The minimum Gasteiger partial charge on any atom is -0.434 e. The van der Waals surface area contributed by atoms with Gasteiger partial charge in [-0.25, -0.2) is 15.0 Å². The van der Waals surface area contributed by atoms with Crippen LogP contribution in [0.4, 0.5) is 8.78 Å². The molecule has 1 aromatic carbocycles. The molecule has 0 amide bonds. The van der Waals surface area contributed by atoms with E-state index in [1.807, 2.05) is 46.7 Å². The number of ether oxygens (including phenoxy) is 2. The van der Waals surface area contributed by atoms with Crippen molar-refractivity contribution in [1.82, 2.24) is 19.6 Å². The van der Waals surface area contributed by atoms with Gasteiger partial charge < -0.3 is 24.1 Å². The van der Waals surface area contributed by atoms with Gasteiger partial charge in [0.15, 0.2) is 0 Å². The third-order valence-electron chi connectivity index (χ3n) is 6.43. The third kappa shape index (κ3) is 4.87. The number of rotatable bonds is 5. The predicted molar refractivity (Wildman–Crippen MR) is 135 cm³/mol. The Hall–Kier alpha value is -3.63. The average molecular weight is 495 g/mol. The van der Waals surface area contributed by atoms with Crippen LogP contribution in [-0.2, 0) is 11.2 Å². The van der Waals surface area contributed by atoms with E-state index >= 15 is 0 Å². The molecule has 8 nitrogen and oxygen atoms in total. The van der Waals surface area contributed by atoms with Gasteiger partial charge in [-0.2, -0.15) is 8.78 Å². The van der Waals surface area contributed by atoms with Crippen LogP contribution in [0.25, 0.3) is 11.2 Å². The molecule has 0 radical (unpaired) electrons. The molecule has 1 N–H and O–H groups in total. The molecule has 0 bridgehead atoms. The molecule has 1 unspecified atom stereocenters. The quantitative estimate of drug-likeness (QED) is 0.430. The lowest BCUT2D eigenvalue weighted by Gasteiger charge is -2.27. The smallest absolute Gasteiger partial charge is 0.387 e. The molecule has 0 aliphatic carbocycles. The van der Waals surface area contributed by atoms with Gasteiger partial charge in [-0.1, -0.05) is 18.2 Å². The summed E-state index contributed by atoms with van der Waals surface area (Å²) < 4.78 is 38.4. The molecule has 10 heteroatoms. The lowest BCUT2D eigenvalue weighted by Crippen LogP contribution is -2.39.